The van der Waals surface area contributed by atoms with Gasteiger partial charge in [0.25, 0.3) is 0 Å². The summed E-state index contributed by atoms with van der Waals surface area (Å²) in [6, 6.07) is 11.1. The quantitative estimate of drug-likeness (QED) is 0.827. The van der Waals surface area contributed by atoms with E-state index in [0.717, 1.165) is 5.56 Å². The first-order valence-electron chi connectivity index (χ1n) is 8.30. The Kier molecular flexibility index (Phi) is 4.36. The van der Waals surface area contributed by atoms with Gasteiger partial charge in [0, 0.05) is 12.1 Å². The molecule has 0 radical (unpaired) electrons. The Labute approximate surface area is 151 Å². The van der Waals surface area contributed by atoms with Crippen LogP contribution >= 0.6 is 0 Å². The van der Waals surface area contributed by atoms with Gasteiger partial charge in [0.15, 0.2) is 11.5 Å². The number of aliphatic hydroxyl groups is 2. The molecule has 2 unspecified atom stereocenters. The minimum atomic E-state index is -3.80. The molecular formula is C18H19NO6S. The summed E-state index contributed by atoms with van der Waals surface area (Å²) in [6.45, 7) is -0.252. The first-order valence-corrected chi connectivity index (χ1v) is 9.74. The summed E-state index contributed by atoms with van der Waals surface area (Å²) in [7, 11) is -3.80. The number of hydrogen-bond donors (Lipinski definition) is 2. The largest absolute Gasteiger partial charge is 0.454 e. The van der Waals surface area contributed by atoms with Gasteiger partial charge in [-0.1, -0.05) is 24.3 Å². The van der Waals surface area contributed by atoms with Crippen LogP contribution in [0.3, 0.4) is 0 Å². The molecule has 4 rings (SSSR count). The molecule has 138 valence electrons. The topological polar surface area (TPSA) is 96.3 Å². The van der Waals surface area contributed by atoms with Crippen LogP contribution in [0, 0.1) is 0 Å². The van der Waals surface area contributed by atoms with Crippen LogP contribution in [0.2, 0.25) is 0 Å². The molecule has 2 aromatic rings. The van der Waals surface area contributed by atoms with Crippen LogP contribution in [-0.4, -0.2) is 48.9 Å². The van der Waals surface area contributed by atoms with Crippen molar-refractivity contribution < 1.29 is 28.1 Å². The molecule has 7 nitrogen and oxygen atoms in total. The van der Waals surface area contributed by atoms with Gasteiger partial charge < -0.3 is 19.7 Å². The van der Waals surface area contributed by atoms with E-state index in [4.69, 9.17) is 9.47 Å². The number of benzene rings is 2. The molecule has 26 heavy (non-hydrogen) atoms. The van der Waals surface area contributed by atoms with E-state index in [1.54, 1.807) is 30.3 Å². The van der Waals surface area contributed by atoms with E-state index in [-0.39, 0.29) is 31.3 Å². The predicted octanol–water partition coefficient (Wildman–Crippen LogP) is 1.06. The zero-order chi connectivity index (χ0) is 18.3. The summed E-state index contributed by atoms with van der Waals surface area (Å²) >= 11 is 0. The number of ether oxygens (including phenoxy) is 2. The maximum absolute atomic E-state index is 13.0. The van der Waals surface area contributed by atoms with Gasteiger partial charge in [-0.05, 0) is 30.2 Å². The van der Waals surface area contributed by atoms with E-state index in [2.05, 4.69) is 0 Å². The lowest BCUT2D eigenvalue weighted by molar-refractivity contribution is 0.0724. The second-order valence-corrected chi connectivity index (χ2v) is 8.14. The van der Waals surface area contributed by atoms with Crippen molar-refractivity contribution in [1.82, 2.24) is 4.31 Å². The van der Waals surface area contributed by atoms with Crippen LogP contribution in [-0.2, 0) is 16.4 Å². The van der Waals surface area contributed by atoms with Crippen LogP contribution in [0.5, 0.6) is 11.5 Å². The number of nitrogens with zero attached hydrogens (tertiary/aromatic N) is 1. The monoisotopic (exact) mass is 377 g/mol. The second kappa shape index (κ2) is 6.55. The van der Waals surface area contributed by atoms with Gasteiger partial charge in [0.05, 0.1) is 23.6 Å². The SMILES string of the molecule is O=S1(=O)c2ccccc2C(O)C(Cc2ccc3c(c2)OCO3)N1CCO. The fraction of sp³-hybridized carbons (Fsp3) is 0.333. The number of fused-ring (bicyclic) bond motifs is 2. The highest BCUT2D eigenvalue weighted by atomic mass is 32.2. The fourth-order valence-electron chi connectivity index (χ4n) is 3.54. The lowest BCUT2D eigenvalue weighted by Gasteiger charge is -2.39. The summed E-state index contributed by atoms with van der Waals surface area (Å²) in [5.41, 5.74) is 1.20. The van der Waals surface area contributed by atoms with Gasteiger partial charge >= 0.3 is 0 Å². The molecule has 0 fully saturated rings. The molecule has 2 aromatic carbocycles. The normalized spacial score (nSPS) is 23.6. The Bertz CT molecular complexity index is 929. The number of aliphatic hydroxyl groups excluding tert-OH is 2. The molecule has 2 atom stereocenters. The number of rotatable bonds is 4. The van der Waals surface area contributed by atoms with Gasteiger partial charge in [0.1, 0.15) is 0 Å². The Balaban J connectivity index is 1.74. The Hall–Kier alpha value is -2.13. The van der Waals surface area contributed by atoms with Crippen LogP contribution in [0.1, 0.15) is 17.2 Å². The van der Waals surface area contributed by atoms with Crippen molar-refractivity contribution in [2.24, 2.45) is 0 Å². The average molecular weight is 377 g/mol. The van der Waals surface area contributed by atoms with Crippen LogP contribution in [0.25, 0.3) is 0 Å². The first-order chi connectivity index (χ1) is 12.5. The van der Waals surface area contributed by atoms with Crippen molar-refractivity contribution in [2.45, 2.75) is 23.5 Å². The maximum atomic E-state index is 13.0. The van der Waals surface area contributed by atoms with E-state index < -0.39 is 22.2 Å². The fourth-order valence-corrected chi connectivity index (χ4v) is 5.39. The summed E-state index contributed by atoms with van der Waals surface area (Å²) < 4.78 is 37.8. The third-order valence-electron chi connectivity index (χ3n) is 4.76. The summed E-state index contributed by atoms with van der Waals surface area (Å²) in [6.07, 6.45) is -0.711. The highest BCUT2D eigenvalue weighted by Gasteiger charge is 2.43. The van der Waals surface area contributed by atoms with E-state index >= 15 is 0 Å². The molecular weight excluding hydrogens is 358 g/mol. The summed E-state index contributed by atoms with van der Waals surface area (Å²) in [4.78, 5) is 0.0860. The van der Waals surface area contributed by atoms with E-state index in [1.165, 1.54) is 10.4 Å². The average Bonchev–Trinajstić information content (AvgIpc) is 3.11. The zero-order valence-electron chi connectivity index (χ0n) is 13.9. The van der Waals surface area contributed by atoms with E-state index in [0.29, 0.717) is 17.1 Å². The number of hydrogen-bond acceptors (Lipinski definition) is 6. The number of β-amino-alcohol motifs (C(OH)–C–C–N with tert-alkyl or cyclic N) is 1. The van der Waals surface area contributed by atoms with Crippen molar-refractivity contribution in [3.05, 3.63) is 53.6 Å². The Morgan fingerprint density at radius 3 is 2.69 bits per heavy atom. The van der Waals surface area contributed by atoms with E-state index in [9.17, 15) is 18.6 Å². The third kappa shape index (κ3) is 2.75. The molecule has 0 amide bonds. The van der Waals surface area contributed by atoms with Crippen molar-refractivity contribution in [3.63, 3.8) is 0 Å². The van der Waals surface area contributed by atoms with Crippen LogP contribution in [0.15, 0.2) is 47.4 Å². The Morgan fingerprint density at radius 1 is 1.12 bits per heavy atom. The van der Waals surface area contributed by atoms with Gasteiger partial charge in [-0.2, -0.15) is 4.31 Å². The molecule has 2 N–H and O–H groups in total. The smallest absolute Gasteiger partial charge is 0.243 e. The standard InChI is InChI=1S/C18H19NO6S/c20-8-7-19-14(9-12-5-6-15-16(10-12)25-11-24-15)18(21)13-3-1-2-4-17(13)26(19,22)23/h1-6,10,14,18,20-21H,7-9,11H2. The van der Waals surface area contributed by atoms with Gasteiger partial charge in [-0.15, -0.1) is 0 Å². The van der Waals surface area contributed by atoms with Gasteiger partial charge in [0.2, 0.25) is 16.8 Å². The third-order valence-corrected chi connectivity index (χ3v) is 6.76. The molecule has 8 heteroatoms. The highest BCUT2D eigenvalue weighted by molar-refractivity contribution is 7.89. The maximum Gasteiger partial charge on any atom is 0.243 e. The van der Waals surface area contributed by atoms with Crippen molar-refractivity contribution in [2.75, 3.05) is 19.9 Å². The predicted molar refractivity (Wildman–Crippen MR) is 92.4 cm³/mol. The molecule has 0 bridgehead atoms. The molecule has 0 aliphatic carbocycles. The van der Waals surface area contributed by atoms with Crippen molar-refractivity contribution in [3.8, 4) is 11.5 Å². The van der Waals surface area contributed by atoms with Crippen LogP contribution < -0.4 is 9.47 Å². The number of sulfonamides is 1. The lowest BCUT2D eigenvalue weighted by Crippen LogP contribution is -2.50. The van der Waals surface area contributed by atoms with Crippen molar-refractivity contribution in [1.29, 1.82) is 0 Å². The Morgan fingerprint density at radius 2 is 1.88 bits per heavy atom. The lowest BCUT2D eigenvalue weighted by atomic mass is 9.95. The summed E-state index contributed by atoms with van der Waals surface area (Å²) in [5, 5.41) is 20.2. The van der Waals surface area contributed by atoms with Gasteiger partial charge in [-0.25, -0.2) is 8.42 Å². The van der Waals surface area contributed by atoms with E-state index in [1.807, 2.05) is 6.07 Å². The second-order valence-electron chi connectivity index (χ2n) is 6.28. The molecule has 0 aromatic heterocycles. The molecule has 2 heterocycles. The van der Waals surface area contributed by atoms with Gasteiger partial charge in [-0.3, -0.25) is 0 Å². The minimum Gasteiger partial charge on any atom is -0.454 e. The molecule has 0 saturated heterocycles. The van der Waals surface area contributed by atoms with Crippen LogP contribution in [0.4, 0.5) is 0 Å². The highest BCUT2D eigenvalue weighted by Crippen LogP contribution is 2.39. The molecule has 0 saturated carbocycles. The first kappa shape index (κ1) is 17.3. The van der Waals surface area contributed by atoms with Crippen molar-refractivity contribution >= 4 is 10.0 Å². The molecule has 0 spiro atoms. The summed E-state index contributed by atoms with van der Waals surface area (Å²) in [5.74, 6) is 1.24. The molecule has 2 aliphatic rings. The molecule has 2 aliphatic heterocycles. The minimum absolute atomic E-state index is 0.0804. The zero-order valence-corrected chi connectivity index (χ0v) is 14.7.